The first kappa shape index (κ1) is 22.7. The highest BCUT2D eigenvalue weighted by molar-refractivity contribution is 6.43. The first-order valence-corrected chi connectivity index (χ1v) is 11.8. The maximum Gasteiger partial charge on any atom is 0.201 e. The lowest BCUT2D eigenvalue weighted by Gasteiger charge is -2.26. The van der Waals surface area contributed by atoms with Crippen LogP contribution in [0, 0.1) is 27.7 Å². The molecule has 0 spiro atoms. The second-order valence-electron chi connectivity index (χ2n) is 9.56. The summed E-state index contributed by atoms with van der Waals surface area (Å²) in [6.07, 6.45) is 0. The molecule has 3 heteroatoms. The number of benzene rings is 3. The van der Waals surface area contributed by atoms with Crippen LogP contribution in [0.1, 0.15) is 40.4 Å². The van der Waals surface area contributed by atoms with Gasteiger partial charge in [-0.2, -0.15) is 0 Å². The number of para-hydroxylation sites is 1. The molecule has 3 aromatic carbocycles. The monoisotopic (exact) mass is 459 g/mol. The molecule has 5 rings (SSSR count). The Labute approximate surface area is 206 Å². The number of Topliss-reactive ketones (excluding diaryl/α,β-unsaturated/α-hetero) is 1. The van der Waals surface area contributed by atoms with Gasteiger partial charge in [0, 0.05) is 22.3 Å². The van der Waals surface area contributed by atoms with Crippen LogP contribution in [0.25, 0.3) is 27.7 Å². The van der Waals surface area contributed by atoms with Crippen molar-refractivity contribution in [1.82, 2.24) is 4.57 Å². The zero-order valence-electron chi connectivity index (χ0n) is 20.9. The number of rotatable bonds is 4. The molecular formula is C32H29NO2. The lowest BCUT2D eigenvalue weighted by molar-refractivity contribution is -0.111. The predicted molar refractivity (Wildman–Crippen MR) is 145 cm³/mol. The lowest BCUT2D eigenvalue weighted by atomic mass is 9.76. The Kier molecular flexibility index (Phi) is 5.36. The molecule has 0 unspecified atom stereocenters. The molecule has 0 atom stereocenters. The molecule has 1 aliphatic rings. The van der Waals surface area contributed by atoms with E-state index >= 15 is 0 Å². The fourth-order valence-electron chi connectivity index (χ4n) is 5.39. The summed E-state index contributed by atoms with van der Waals surface area (Å²) < 4.78 is 2.18. The van der Waals surface area contributed by atoms with E-state index in [0.29, 0.717) is 16.7 Å². The number of hydrogen-bond donors (Lipinski definition) is 1. The van der Waals surface area contributed by atoms with E-state index in [1.54, 1.807) is 0 Å². The average Bonchev–Trinajstić information content (AvgIpc) is 3.09. The van der Waals surface area contributed by atoms with Crippen molar-refractivity contribution in [3.05, 3.63) is 124 Å². The maximum absolute atomic E-state index is 13.7. The van der Waals surface area contributed by atoms with E-state index in [4.69, 9.17) is 0 Å². The largest absolute Gasteiger partial charge is 0.506 e. The number of aliphatic hydroxyl groups excluding tert-OH is 1. The number of ketones is 1. The third-order valence-electron chi connectivity index (χ3n) is 6.85. The van der Waals surface area contributed by atoms with Crippen molar-refractivity contribution in [2.24, 2.45) is 0 Å². The number of carbonyl (C=O) groups excluding carboxylic acids is 1. The van der Waals surface area contributed by atoms with Crippen molar-refractivity contribution in [3.63, 3.8) is 0 Å². The molecule has 0 saturated heterocycles. The van der Waals surface area contributed by atoms with Crippen LogP contribution in [0.5, 0.6) is 0 Å². The number of allylic oxidation sites excluding steroid dienone is 4. The molecule has 0 radical (unpaired) electrons. The Hall–Kier alpha value is -4.11. The first-order chi connectivity index (χ1) is 16.7. The van der Waals surface area contributed by atoms with Crippen LogP contribution in [-0.4, -0.2) is 15.5 Å². The summed E-state index contributed by atoms with van der Waals surface area (Å²) in [4.78, 5) is 13.7. The van der Waals surface area contributed by atoms with E-state index in [0.717, 1.165) is 44.5 Å². The van der Waals surface area contributed by atoms with Crippen LogP contribution in [0.3, 0.4) is 0 Å². The van der Waals surface area contributed by atoms with Gasteiger partial charge in [0.05, 0.1) is 16.7 Å². The molecule has 1 N–H and O–H groups in total. The minimum Gasteiger partial charge on any atom is -0.506 e. The number of fused-ring (bicyclic) bond motifs is 1. The predicted octanol–water partition coefficient (Wildman–Crippen LogP) is 7.75. The van der Waals surface area contributed by atoms with Gasteiger partial charge in [0.25, 0.3) is 0 Å². The van der Waals surface area contributed by atoms with Gasteiger partial charge >= 0.3 is 0 Å². The van der Waals surface area contributed by atoms with E-state index in [2.05, 4.69) is 49.3 Å². The van der Waals surface area contributed by atoms with Crippen LogP contribution < -0.4 is 0 Å². The van der Waals surface area contributed by atoms with Crippen molar-refractivity contribution >= 4 is 27.8 Å². The van der Waals surface area contributed by atoms with Gasteiger partial charge < -0.3 is 9.67 Å². The zero-order valence-corrected chi connectivity index (χ0v) is 20.9. The second kappa shape index (κ2) is 8.28. The molecule has 1 heterocycles. The molecule has 35 heavy (non-hydrogen) atoms. The number of carbonyl (C=O) groups is 1. The minimum absolute atomic E-state index is 0.0441. The Bertz CT molecular complexity index is 1600. The number of aromatic nitrogens is 1. The summed E-state index contributed by atoms with van der Waals surface area (Å²) in [5, 5.41) is 12.3. The van der Waals surface area contributed by atoms with Crippen LogP contribution in [0.15, 0.2) is 90.2 Å². The van der Waals surface area contributed by atoms with Gasteiger partial charge in [0.1, 0.15) is 5.76 Å². The Morgan fingerprint density at radius 2 is 1.51 bits per heavy atom. The molecule has 0 aliphatic heterocycles. The van der Waals surface area contributed by atoms with Gasteiger partial charge in [-0.25, -0.2) is 0 Å². The highest BCUT2D eigenvalue weighted by Gasteiger charge is 2.40. The van der Waals surface area contributed by atoms with Gasteiger partial charge in [0.15, 0.2) is 0 Å². The van der Waals surface area contributed by atoms with Crippen LogP contribution in [-0.2, 0) is 4.79 Å². The van der Waals surface area contributed by atoms with Crippen molar-refractivity contribution in [2.45, 2.75) is 34.6 Å². The first-order valence-electron chi connectivity index (χ1n) is 11.8. The van der Waals surface area contributed by atoms with Gasteiger partial charge in [-0.15, -0.1) is 0 Å². The molecule has 1 aromatic heterocycles. The summed E-state index contributed by atoms with van der Waals surface area (Å²) in [5.41, 5.74) is 10.3. The van der Waals surface area contributed by atoms with E-state index in [1.807, 2.05) is 63.2 Å². The molecule has 3 nitrogen and oxygen atoms in total. The number of aryl methyl sites for hydroxylation is 3. The van der Waals surface area contributed by atoms with E-state index in [1.165, 1.54) is 11.1 Å². The fourth-order valence-corrected chi connectivity index (χ4v) is 5.39. The van der Waals surface area contributed by atoms with Crippen molar-refractivity contribution in [1.29, 1.82) is 0 Å². The van der Waals surface area contributed by atoms with Crippen LogP contribution >= 0.6 is 0 Å². The van der Waals surface area contributed by atoms with Crippen LogP contribution in [0.2, 0.25) is 0 Å². The third kappa shape index (κ3) is 3.47. The third-order valence-corrected chi connectivity index (χ3v) is 6.85. The Morgan fingerprint density at radius 3 is 2.14 bits per heavy atom. The SMILES string of the molecule is C=C(C)/C(=C1/C(=O)C(c2c(C)n(-c3cc(C)cc(C)c3)c3ccccc23)=C1O)c1ccccc1C. The standard InChI is InChI=1S/C32H29NO2/c1-18(2)27(24-12-8-7-11-21(24)5)29-31(34)30(32(29)35)28-22(6)33(26-14-10-9-13-25(26)28)23-16-19(3)15-20(4)17-23/h7-17,34H,1H2,2-6H3/b29-27-. The summed E-state index contributed by atoms with van der Waals surface area (Å²) >= 11 is 0. The average molecular weight is 460 g/mol. The van der Waals surface area contributed by atoms with Crippen molar-refractivity contribution in [3.8, 4) is 5.69 Å². The van der Waals surface area contributed by atoms with E-state index in [9.17, 15) is 9.90 Å². The topological polar surface area (TPSA) is 42.2 Å². The summed E-state index contributed by atoms with van der Waals surface area (Å²) in [5.74, 6) is -0.0992. The fraction of sp³-hybridized carbons (Fsp3) is 0.156. The van der Waals surface area contributed by atoms with E-state index < -0.39 is 0 Å². The Morgan fingerprint density at radius 1 is 0.886 bits per heavy atom. The van der Waals surface area contributed by atoms with Gasteiger partial charge in [-0.05, 0) is 86.2 Å². The molecule has 0 amide bonds. The summed E-state index contributed by atoms with van der Waals surface area (Å²) in [6, 6.07) is 22.4. The van der Waals surface area contributed by atoms with Crippen molar-refractivity contribution in [2.75, 3.05) is 0 Å². The van der Waals surface area contributed by atoms with Gasteiger partial charge in [-0.3, -0.25) is 4.79 Å². The molecular weight excluding hydrogens is 430 g/mol. The number of hydrogen-bond acceptors (Lipinski definition) is 2. The summed E-state index contributed by atoms with van der Waals surface area (Å²) in [7, 11) is 0. The molecule has 1 aliphatic carbocycles. The molecule has 4 aromatic rings. The molecule has 174 valence electrons. The molecule has 0 saturated carbocycles. The molecule has 0 fully saturated rings. The smallest absolute Gasteiger partial charge is 0.201 e. The number of nitrogens with zero attached hydrogens (tertiary/aromatic N) is 1. The zero-order chi connectivity index (χ0) is 25.0. The lowest BCUT2D eigenvalue weighted by Crippen LogP contribution is -2.23. The Balaban J connectivity index is 1.79. The van der Waals surface area contributed by atoms with Crippen LogP contribution in [0.4, 0.5) is 0 Å². The number of aliphatic hydroxyl groups is 1. The summed E-state index contributed by atoms with van der Waals surface area (Å²) in [6.45, 7) is 14.2. The van der Waals surface area contributed by atoms with E-state index in [-0.39, 0.29) is 11.5 Å². The van der Waals surface area contributed by atoms with Gasteiger partial charge in [-0.1, -0.05) is 55.1 Å². The van der Waals surface area contributed by atoms with Crippen molar-refractivity contribution < 1.29 is 9.90 Å². The maximum atomic E-state index is 13.7. The minimum atomic E-state index is -0.143. The highest BCUT2D eigenvalue weighted by atomic mass is 16.3. The molecule has 0 bridgehead atoms. The quantitative estimate of drug-likeness (QED) is 0.317. The second-order valence-corrected chi connectivity index (χ2v) is 9.56. The highest BCUT2D eigenvalue weighted by Crippen LogP contribution is 2.46. The normalized spacial score (nSPS) is 14.9. The van der Waals surface area contributed by atoms with Gasteiger partial charge in [0.2, 0.25) is 5.78 Å².